The zero-order valence-corrected chi connectivity index (χ0v) is 13.3. The summed E-state index contributed by atoms with van der Waals surface area (Å²) in [5, 5.41) is 6.80. The maximum atomic E-state index is 5.81. The molecule has 118 valence electrons. The smallest absolute Gasteiger partial charge is 0.0613 e. The van der Waals surface area contributed by atoms with Crippen LogP contribution in [0.4, 0.5) is 0 Å². The minimum atomic E-state index is 0.327. The zero-order chi connectivity index (χ0) is 16.1. The van der Waals surface area contributed by atoms with E-state index < -0.39 is 0 Å². The van der Waals surface area contributed by atoms with Crippen LogP contribution in [0.2, 0.25) is 0 Å². The molecular formula is C20H23N3. The van der Waals surface area contributed by atoms with E-state index in [4.69, 9.17) is 5.73 Å². The third-order valence-corrected chi connectivity index (χ3v) is 4.25. The molecular weight excluding hydrogens is 282 g/mol. The maximum Gasteiger partial charge on any atom is 0.0613 e. The van der Waals surface area contributed by atoms with Gasteiger partial charge in [-0.05, 0) is 36.1 Å². The molecule has 0 amide bonds. The molecule has 3 rings (SSSR count). The van der Waals surface area contributed by atoms with Crippen LogP contribution in [0.25, 0.3) is 16.8 Å². The number of hydrogen-bond donors (Lipinski definition) is 3. The molecule has 1 fully saturated rings. The van der Waals surface area contributed by atoms with E-state index in [1.54, 1.807) is 6.20 Å². The molecule has 0 aromatic heterocycles. The van der Waals surface area contributed by atoms with Crippen molar-refractivity contribution in [2.75, 3.05) is 6.54 Å². The topological polar surface area (TPSA) is 50.1 Å². The highest BCUT2D eigenvalue weighted by Gasteiger charge is 2.17. The molecule has 0 bridgehead atoms. The first-order chi connectivity index (χ1) is 11.3. The molecule has 0 unspecified atom stereocenters. The Bertz CT molecular complexity index is 681. The van der Waals surface area contributed by atoms with Gasteiger partial charge in [-0.1, -0.05) is 61.2 Å². The number of hydrogen-bond acceptors (Lipinski definition) is 3. The van der Waals surface area contributed by atoms with Gasteiger partial charge >= 0.3 is 0 Å². The second-order valence-corrected chi connectivity index (χ2v) is 5.82. The second-order valence-electron chi connectivity index (χ2n) is 5.82. The predicted molar refractivity (Wildman–Crippen MR) is 97.3 cm³/mol. The summed E-state index contributed by atoms with van der Waals surface area (Å²) in [6, 6.07) is 19.1. The van der Waals surface area contributed by atoms with Gasteiger partial charge in [-0.3, -0.25) is 0 Å². The summed E-state index contributed by atoms with van der Waals surface area (Å²) in [6.07, 6.45) is 3.92. The molecule has 3 nitrogen and oxygen atoms in total. The van der Waals surface area contributed by atoms with Gasteiger partial charge in [-0.25, -0.2) is 0 Å². The van der Waals surface area contributed by atoms with Gasteiger partial charge in [0.2, 0.25) is 0 Å². The fourth-order valence-electron chi connectivity index (χ4n) is 2.92. The third kappa shape index (κ3) is 3.63. The van der Waals surface area contributed by atoms with Crippen LogP contribution in [-0.2, 0) is 0 Å². The summed E-state index contributed by atoms with van der Waals surface area (Å²) >= 11 is 0. The predicted octanol–water partition coefficient (Wildman–Crippen LogP) is 3.47. The van der Waals surface area contributed by atoms with Crippen LogP contribution in [0.5, 0.6) is 0 Å². The summed E-state index contributed by atoms with van der Waals surface area (Å²) in [7, 11) is 0. The van der Waals surface area contributed by atoms with Crippen LogP contribution >= 0.6 is 0 Å². The fourth-order valence-corrected chi connectivity index (χ4v) is 2.92. The Kier molecular flexibility index (Phi) is 4.79. The summed E-state index contributed by atoms with van der Waals surface area (Å²) in [5.74, 6) is 0. The molecule has 0 spiro atoms. The van der Waals surface area contributed by atoms with Crippen molar-refractivity contribution in [1.29, 1.82) is 0 Å². The Morgan fingerprint density at radius 3 is 2.39 bits per heavy atom. The van der Waals surface area contributed by atoms with E-state index in [1.165, 1.54) is 17.5 Å². The van der Waals surface area contributed by atoms with E-state index in [2.05, 4.69) is 65.7 Å². The van der Waals surface area contributed by atoms with E-state index in [1.807, 2.05) is 6.07 Å². The number of rotatable bonds is 5. The van der Waals surface area contributed by atoms with Crippen molar-refractivity contribution in [3.8, 4) is 11.1 Å². The minimum absolute atomic E-state index is 0.327. The second kappa shape index (κ2) is 7.16. The lowest BCUT2D eigenvalue weighted by molar-refractivity contribution is 0.663. The van der Waals surface area contributed by atoms with E-state index >= 15 is 0 Å². The van der Waals surface area contributed by atoms with Gasteiger partial charge in [0.1, 0.15) is 0 Å². The van der Waals surface area contributed by atoms with Gasteiger partial charge in [-0.15, -0.1) is 0 Å². The number of nitrogens with two attached hydrogens (primary N) is 1. The molecule has 2 aromatic carbocycles. The molecule has 1 aliphatic rings. The average molecular weight is 305 g/mol. The maximum absolute atomic E-state index is 5.81. The first kappa shape index (κ1) is 15.4. The Labute approximate surface area is 137 Å². The quantitative estimate of drug-likeness (QED) is 0.793. The Balaban J connectivity index is 1.73. The summed E-state index contributed by atoms with van der Waals surface area (Å²) in [5.41, 5.74) is 11.2. The van der Waals surface area contributed by atoms with Crippen LogP contribution in [0.3, 0.4) is 0 Å². The number of benzene rings is 2. The SMILES string of the molecule is C=C(N/C(=C\N)c1ccc(-c2ccccc2)cc1)[C@@H]1CCCN1. The molecule has 4 N–H and O–H groups in total. The fraction of sp³-hybridized carbons (Fsp3) is 0.200. The summed E-state index contributed by atoms with van der Waals surface area (Å²) in [6.45, 7) is 5.20. The van der Waals surface area contributed by atoms with Gasteiger partial charge in [-0.2, -0.15) is 0 Å². The molecule has 0 radical (unpaired) electrons. The van der Waals surface area contributed by atoms with Crippen molar-refractivity contribution in [3.05, 3.63) is 78.6 Å². The van der Waals surface area contributed by atoms with E-state index in [0.717, 1.165) is 29.9 Å². The van der Waals surface area contributed by atoms with Crippen molar-refractivity contribution < 1.29 is 0 Å². The lowest BCUT2D eigenvalue weighted by Crippen LogP contribution is -2.30. The third-order valence-electron chi connectivity index (χ3n) is 4.25. The van der Waals surface area contributed by atoms with Gasteiger partial charge in [0.25, 0.3) is 0 Å². The Hall–Kier alpha value is -2.52. The van der Waals surface area contributed by atoms with Crippen molar-refractivity contribution in [2.24, 2.45) is 5.73 Å². The van der Waals surface area contributed by atoms with Crippen molar-refractivity contribution >= 4 is 5.70 Å². The standard InChI is InChI=1S/C20H23N3/c1-15(19-8-5-13-22-19)23-20(14-21)18-11-9-17(10-12-18)16-6-3-2-4-7-16/h2-4,6-7,9-12,14,19,22-23H,1,5,8,13,21H2/b20-14-/t19-/m0/s1. The van der Waals surface area contributed by atoms with Crippen LogP contribution in [0.15, 0.2) is 73.1 Å². The molecule has 3 heteroatoms. The van der Waals surface area contributed by atoms with Crippen LogP contribution in [-0.4, -0.2) is 12.6 Å². The minimum Gasteiger partial charge on any atom is -0.403 e. The monoisotopic (exact) mass is 305 g/mol. The molecule has 0 aliphatic carbocycles. The van der Waals surface area contributed by atoms with Crippen LogP contribution < -0.4 is 16.4 Å². The lowest BCUT2D eigenvalue weighted by Gasteiger charge is -2.18. The van der Waals surface area contributed by atoms with E-state index in [9.17, 15) is 0 Å². The molecule has 0 saturated carbocycles. The van der Waals surface area contributed by atoms with Crippen molar-refractivity contribution in [2.45, 2.75) is 18.9 Å². The highest BCUT2D eigenvalue weighted by molar-refractivity contribution is 5.70. The first-order valence-electron chi connectivity index (χ1n) is 8.05. The van der Waals surface area contributed by atoms with Gasteiger partial charge in [0.05, 0.1) is 5.70 Å². The Morgan fingerprint density at radius 2 is 1.78 bits per heavy atom. The highest BCUT2D eigenvalue weighted by Crippen LogP contribution is 2.22. The average Bonchev–Trinajstić information content (AvgIpc) is 3.15. The lowest BCUT2D eigenvalue weighted by atomic mass is 10.0. The van der Waals surface area contributed by atoms with Crippen molar-refractivity contribution in [1.82, 2.24) is 10.6 Å². The largest absolute Gasteiger partial charge is 0.403 e. The first-order valence-corrected chi connectivity index (χ1v) is 8.05. The number of nitrogens with one attached hydrogen (secondary N) is 2. The molecule has 2 aromatic rings. The zero-order valence-electron chi connectivity index (χ0n) is 13.3. The molecule has 1 aliphatic heterocycles. The van der Waals surface area contributed by atoms with E-state index in [0.29, 0.717) is 6.04 Å². The van der Waals surface area contributed by atoms with Crippen LogP contribution in [0.1, 0.15) is 18.4 Å². The molecule has 1 saturated heterocycles. The van der Waals surface area contributed by atoms with Crippen molar-refractivity contribution in [3.63, 3.8) is 0 Å². The highest BCUT2D eigenvalue weighted by atomic mass is 15.0. The van der Waals surface area contributed by atoms with Crippen LogP contribution in [0, 0.1) is 0 Å². The van der Waals surface area contributed by atoms with E-state index in [-0.39, 0.29) is 0 Å². The van der Waals surface area contributed by atoms with Gasteiger partial charge in [0, 0.05) is 17.9 Å². The summed E-state index contributed by atoms with van der Waals surface area (Å²) in [4.78, 5) is 0. The van der Waals surface area contributed by atoms with Gasteiger partial charge < -0.3 is 16.4 Å². The molecule has 1 atom stereocenters. The Morgan fingerprint density at radius 1 is 1.09 bits per heavy atom. The molecule has 1 heterocycles. The summed E-state index contributed by atoms with van der Waals surface area (Å²) < 4.78 is 0. The van der Waals surface area contributed by atoms with Gasteiger partial charge in [0.15, 0.2) is 0 Å². The normalized spacial score (nSPS) is 17.9. The molecule has 23 heavy (non-hydrogen) atoms.